The highest BCUT2D eigenvalue weighted by molar-refractivity contribution is 7.92. The number of carbonyl (C=O) groups excluding carboxylic acids is 2. The molecule has 0 aliphatic carbocycles. The van der Waals surface area contributed by atoms with Gasteiger partial charge in [-0.3, -0.25) is 13.9 Å². The van der Waals surface area contributed by atoms with Crippen molar-refractivity contribution >= 4 is 33.1 Å². The zero-order valence-corrected chi connectivity index (χ0v) is 24.0. The van der Waals surface area contributed by atoms with Crippen molar-refractivity contribution in [2.45, 2.75) is 31.1 Å². The summed E-state index contributed by atoms with van der Waals surface area (Å²) in [6, 6.07) is 24.4. The molecule has 4 rings (SSSR count). The van der Waals surface area contributed by atoms with Crippen molar-refractivity contribution in [2.75, 3.05) is 23.3 Å². The van der Waals surface area contributed by atoms with Gasteiger partial charge in [-0.15, -0.1) is 0 Å². The van der Waals surface area contributed by atoms with Gasteiger partial charge in [-0.05, 0) is 71.6 Å². The first kappa shape index (κ1) is 29.5. The summed E-state index contributed by atoms with van der Waals surface area (Å²) in [5, 5.41) is 2.68. The summed E-state index contributed by atoms with van der Waals surface area (Å²) in [7, 11) is -2.75. The zero-order valence-electron chi connectivity index (χ0n) is 23.2. The van der Waals surface area contributed by atoms with Gasteiger partial charge in [0.05, 0.1) is 17.7 Å². The summed E-state index contributed by atoms with van der Waals surface area (Å²) in [5.41, 5.74) is 2.37. The molecule has 0 aliphatic rings. The first-order chi connectivity index (χ1) is 19.4. The van der Waals surface area contributed by atoms with Gasteiger partial charge < -0.3 is 10.1 Å². The number of nitrogens with one attached hydrogen (secondary N) is 1. The molecule has 4 aromatic carbocycles. The van der Waals surface area contributed by atoms with E-state index in [0.29, 0.717) is 22.6 Å². The summed E-state index contributed by atoms with van der Waals surface area (Å²) in [6.45, 7) is 5.69. The van der Waals surface area contributed by atoms with Crippen LogP contribution in [0.2, 0.25) is 0 Å². The Labute approximate surface area is 239 Å². The van der Waals surface area contributed by atoms with Crippen LogP contribution in [0.15, 0.2) is 102 Å². The minimum atomic E-state index is -4.21. The van der Waals surface area contributed by atoms with Gasteiger partial charge in [0, 0.05) is 16.8 Å². The first-order valence-electron chi connectivity index (χ1n) is 12.9. The van der Waals surface area contributed by atoms with Gasteiger partial charge in [0.25, 0.3) is 10.0 Å². The van der Waals surface area contributed by atoms with Crippen LogP contribution >= 0.6 is 0 Å². The summed E-state index contributed by atoms with van der Waals surface area (Å²) in [6.07, 6.45) is 0. The highest BCUT2D eigenvalue weighted by Gasteiger charge is 2.27. The van der Waals surface area contributed by atoms with Crippen molar-refractivity contribution in [3.8, 4) is 5.75 Å². The predicted octanol–water partition coefficient (Wildman–Crippen LogP) is 6.20. The van der Waals surface area contributed by atoms with E-state index in [0.717, 1.165) is 22.0 Å². The number of ketones is 1. The summed E-state index contributed by atoms with van der Waals surface area (Å²) in [4.78, 5) is 26.2. The Morgan fingerprint density at radius 3 is 2.07 bits per heavy atom. The fourth-order valence-electron chi connectivity index (χ4n) is 4.15. The molecule has 1 amide bonds. The smallest absolute Gasteiger partial charge is 0.264 e. The Bertz CT molecular complexity index is 1640. The summed E-state index contributed by atoms with van der Waals surface area (Å²) >= 11 is 0. The van der Waals surface area contributed by atoms with E-state index in [2.05, 4.69) is 26.1 Å². The van der Waals surface area contributed by atoms with E-state index in [1.54, 1.807) is 30.3 Å². The monoisotopic (exact) mass is 574 g/mol. The summed E-state index contributed by atoms with van der Waals surface area (Å²) in [5.74, 6) is -0.939. The molecule has 0 fully saturated rings. The third kappa shape index (κ3) is 6.99. The molecule has 7 nitrogen and oxygen atoms in total. The number of nitrogens with zero attached hydrogens (tertiary/aromatic N) is 1. The van der Waals surface area contributed by atoms with Crippen LogP contribution < -0.4 is 14.4 Å². The number of hydrogen-bond donors (Lipinski definition) is 1. The lowest BCUT2D eigenvalue weighted by atomic mass is 9.86. The Morgan fingerprint density at radius 1 is 0.854 bits per heavy atom. The number of ether oxygens (including phenoxy) is 1. The number of hydrogen-bond acceptors (Lipinski definition) is 5. The minimum Gasteiger partial charge on any atom is -0.497 e. The third-order valence-electron chi connectivity index (χ3n) is 6.47. The Balaban J connectivity index is 1.56. The fourth-order valence-corrected chi connectivity index (χ4v) is 5.58. The number of carbonyl (C=O) groups is 2. The average molecular weight is 575 g/mol. The van der Waals surface area contributed by atoms with Crippen LogP contribution in [0.25, 0.3) is 0 Å². The molecule has 41 heavy (non-hydrogen) atoms. The maximum Gasteiger partial charge on any atom is 0.264 e. The van der Waals surface area contributed by atoms with Crippen molar-refractivity contribution in [3.05, 3.63) is 120 Å². The first-order valence-corrected chi connectivity index (χ1v) is 14.3. The molecule has 9 heteroatoms. The average Bonchev–Trinajstić information content (AvgIpc) is 2.96. The van der Waals surface area contributed by atoms with Gasteiger partial charge in [0.15, 0.2) is 5.78 Å². The van der Waals surface area contributed by atoms with Gasteiger partial charge in [-0.25, -0.2) is 12.8 Å². The van der Waals surface area contributed by atoms with Crippen molar-refractivity contribution in [3.63, 3.8) is 0 Å². The molecule has 0 atom stereocenters. The molecule has 0 saturated heterocycles. The van der Waals surface area contributed by atoms with Gasteiger partial charge in [0.2, 0.25) is 5.91 Å². The van der Waals surface area contributed by atoms with Gasteiger partial charge >= 0.3 is 0 Å². The van der Waals surface area contributed by atoms with Crippen LogP contribution in [0.4, 0.5) is 15.8 Å². The molecule has 0 unspecified atom stereocenters. The Morgan fingerprint density at radius 2 is 1.49 bits per heavy atom. The van der Waals surface area contributed by atoms with Gasteiger partial charge in [-0.1, -0.05) is 57.2 Å². The number of rotatable bonds is 9. The van der Waals surface area contributed by atoms with Crippen LogP contribution in [0, 0.1) is 5.82 Å². The highest BCUT2D eigenvalue weighted by Crippen LogP contribution is 2.26. The molecule has 0 aliphatic heterocycles. The normalized spacial score (nSPS) is 11.5. The highest BCUT2D eigenvalue weighted by atomic mass is 32.2. The van der Waals surface area contributed by atoms with E-state index in [-0.39, 0.29) is 21.8 Å². The SMILES string of the molecule is COc1ccc(S(=O)(=O)N(CC(=O)Nc2cccc(C(=O)c3ccc(C(C)(C)C)cc3)c2)c2ccc(F)cc2)cc1. The van der Waals surface area contributed by atoms with Crippen molar-refractivity contribution in [1.29, 1.82) is 0 Å². The van der Waals surface area contributed by atoms with Crippen LogP contribution in [0.1, 0.15) is 42.3 Å². The van der Waals surface area contributed by atoms with E-state index in [1.807, 2.05) is 12.1 Å². The van der Waals surface area contributed by atoms with E-state index in [4.69, 9.17) is 4.74 Å². The number of methoxy groups -OCH3 is 1. The molecule has 0 saturated carbocycles. The second kappa shape index (κ2) is 11.9. The molecule has 0 spiro atoms. The second-order valence-electron chi connectivity index (χ2n) is 10.4. The topological polar surface area (TPSA) is 92.8 Å². The van der Waals surface area contributed by atoms with E-state index < -0.39 is 28.3 Å². The molecule has 0 radical (unpaired) electrons. The Hall–Kier alpha value is -4.50. The second-order valence-corrected chi connectivity index (χ2v) is 12.3. The maximum atomic E-state index is 13.6. The predicted molar refractivity (Wildman–Crippen MR) is 158 cm³/mol. The number of halogens is 1. The molecule has 1 N–H and O–H groups in total. The quantitative estimate of drug-likeness (QED) is 0.241. The van der Waals surface area contributed by atoms with Crippen LogP contribution in [-0.2, 0) is 20.2 Å². The van der Waals surface area contributed by atoms with Crippen LogP contribution in [0.5, 0.6) is 5.75 Å². The van der Waals surface area contributed by atoms with Crippen molar-refractivity contribution < 1.29 is 27.1 Å². The number of anilines is 2. The van der Waals surface area contributed by atoms with E-state index >= 15 is 0 Å². The molecule has 0 bridgehead atoms. The number of sulfonamides is 1. The number of amides is 1. The lowest BCUT2D eigenvalue weighted by molar-refractivity contribution is -0.114. The van der Waals surface area contributed by atoms with Crippen LogP contribution in [-0.4, -0.2) is 33.8 Å². The largest absolute Gasteiger partial charge is 0.497 e. The lowest BCUT2D eigenvalue weighted by Gasteiger charge is -2.24. The lowest BCUT2D eigenvalue weighted by Crippen LogP contribution is -2.38. The maximum absolute atomic E-state index is 13.6. The van der Waals surface area contributed by atoms with Gasteiger partial charge in [-0.2, -0.15) is 0 Å². The molecular formula is C32H31FN2O5S. The van der Waals surface area contributed by atoms with Gasteiger partial charge in [0.1, 0.15) is 18.1 Å². The van der Waals surface area contributed by atoms with E-state index in [1.165, 1.54) is 49.6 Å². The third-order valence-corrected chi connectivity index (χ3v) is 8.26. The molecule has 212 valence electrons. The fraction of sp³-hybridized carbons (Fsp3) is 0.188. The standard InChI is InChI=1S/C32H31FN2O5S/c1-32(2,3)24-10-8-22(9-11-24)31(37)23-6-5-7-26(20-23)34-30(36)21-35(27-14-12-25(33)13-15-27)41(38,39)29-18-16-28(40-4)17-19-29/h5-20H,21H2,1-4H3,(H,34,36). The van der Waals surface area contributed by atoms with Crippen molar-refractivity contribution in [1.82, 2.24) is 0 Å². The molecule has 0 heterocycles. The number of benzene rings is 4. The molecule has 4 aromatic rings. The summed E-state index contributed by atoms with van der Waals surface area (Å²) < 4.78 is 46.7. The van der Waals surface area contributed by atoms with E-state index in [9.17, 15) is 22.4 Å². The zero-order chi connectivity index (χ0) is 29.8. The Kier molecular flexibility index (Phi) is 8.58. The van der Waals surface area contributed by atoms with Crippen molar-refractivity contribution in [2.24, 2.45) is 0 Å². The molecule has 0 aromatic heterocycles. The molecular weight excluding hydrogens is 543 g/mol. The minimum absolute atomic E-state index is 0.0472. The van der Waals surface area contributed by atoms with Crippen LogP contribution in [0.3, 0.4) is 0 Å².